The van der Waals surface area contributed by atoms with Gasteiger partial charge in [-0.1, -0.05) is 17.7 Å². The van der Waals surface area contributed by atoms with Crippen molar-refractivity contribution in [3.63, 3.8) is 0 Å². The van der Waals surface area contributed by atoms with Crippen molar-refractivity contribution in [2.45, 2.75) is 26.3 Å². The number of amides is 2. The number of nitrogens with one attached hydrogen (secondary N) is 1. The third-order valence-electron chi connectivity index (χ3n) is 5.73. The molecule has 1 aliphatic rings. The van der Waals surface area contributed by atoms with E-state index in [0.717, 1.165) is 6.42 Å². The van der Waals surface area contributed by atoms with Crippen LogP contribution in [0.1, 0.15) is 34.6 Å². The molecule has 0 bridgehead atoms. The van der Waals surface area contributed by atoms with Crippen LogP contribution in [0.15, 0.2) is 54.9 Å². The summed E-state index contributed by atoms with van der Waals surface area (Å²) in [6.07, 6.45) is 4.79. The Morgan fingerprint density at radius 2 is 2.00 bits per heavy atom. The fourth-order valence-corrected chi connectivity index (χ4v) is 4.10. The van der Waals surface area contributed by atoms with Crippen LogP contribution in [0.4, 0.5) is 4.39 Å². The van der Waals surface area contributed by atoms with Gasteiger partial charge in [0.25, 0.3) is 5.91 Å². The van der Waals surface area contributed by atoms with Crippen molar-refractivity contribution in [3.05, 3.63) is 82.6 Å². The predicted octanol–water partition coefficient (Wildman–Crippen LogP) is 4.14. The normalized spacial score (nSPS) is 16.1. The molecule has 1 aromatic heterocycles. The Bertz CT molecular complexity index is 1130. The Morgan fingerprint density at radius 3 is 2.69 bits per heavy atom. The molecule has 4 rings (SSSR count). The largest absolute Gasteiger partial charge is 0.352 e. The number of aromatic nitrogens is 2. The van der Waals surface area contributed by atoms with E-state index in [1.165, 1.54) is 6.07 Å². The van der Waals surface area contributed by atoms with Crippen molar-refractivity contribution in [2.75, 3.05) is 13.1 Å². The summed E-state index contributed by atoms with van der Waals surface area (Å²) in [5.74, 6) is -0.215. The fraction of sp³-hybridized carbons (Fsp3) is 0.292. The van der Waals surface area contributed by atoms with Gasteiger partial charge >= 0.3 is 0 Å². The first kappa shape index (κ1) is 22.0. The van der Waals surface area contributed by atoms with Gasteiger partial charge in [0, 0.05) is 42.6 Å². The van der Waals surface area contributed by atoms with Gasteiger partial charge in [-0.2, -0.15) is 0 Å². The lowest BCUT2D eigenvalue weighted by molar-refractivity contribution is -0.126. The molecule has 1 atom stereocenters. The Labute approximate surface area is 191 Å². The van der Waals surface area contributed by atoms with E-state index in [1.807, 2.05) is 0 Å². The van der Waals surface area contributed by atoms with Crippen molar-refractivity contribution in [3.8, 4) is 5.69 Å². The average Bonchev–Trinajstić information content (AvgIpc) is 3.23. The fourth-order valence-electron chi connectivity index (χ4n) is 3.97. The summed E-state index contributed by atoms with van der Waals surface area (Å²) < 4.78 is 16.3. The maximum atomic E-state index is 14.6. The number of benzene rings is 2. The van der Waals surface area contributed by atoms with Crippen LogP contribution in [-0.2, 0) is 11.3 Å². The van der Waals surface area contributed by atoms with E-state index in [1.54, 1.807) is 65.2 Å². The number of hydrogen-bond acceptors (Lipinski definition) is 3. The monoisotopic (exact) mass is 454 g/mol. The summed E-state index contributed by atoms with van der Waals surface area (Å²) in [7, 11) is 0. The summed E-state index contributed by atoms with van der Waals surface area (Å²) in [6, 6.07) is 11.6. The van der Waals surface area contributed by atoms with Gasteiger partial charge in [-0.3, -0.25) is 9.59 Å². The molecule has 1 unspecified atom stereocenters. The quantitative estimate of drug-likeness (QED) is 0.630. The summed E-state index contributed by atoms with van der Waals surface area (Å²) in [4.78, 5) is 31.3. The number of nitrogens with zero attached hydrogens (tertiary/aromatic N) is 3. The first-order valence-corrected chi connectivity index (χ1v) is 10.9. The molecule has 2 amide bonds. The van der Waals surface area contributed by atoms with Crippen LogP contribution in [0.25, 0.3) is 5.69 Å². The molecule has 2 aromatic carbocycles. The lowest BCUT2D eigenvalue weighted by atomic mass is 9.96. The highest BCUT2D eigenvalue weighted by atomic mass is 35.5. The molecule has 3 aromatic rings. The van der Waals surface area contributed by atoms with Crippen molar-refractivity contribution in [2.24, 2.45) is 5.92 Å². The topological polar surface area (TPSA) is 67.2 Å². The Balaban J connectivity index is 1.35. The van der Waals surface area contributed by atoms with Crippen LogP contribution in [0, 0.1) is 18.7 Å². The molecular weight excluding hydrogens is 431 g/mol. The SMILES string of the molecule is Cc1nccn1-c1ccc(CNC(=O)C2CCCN(C(=O)c3ccc(Cl)cc3)C2)cc1F. The molecule has 8 heteroatoms. The van der Waals surface area contributed by atoms with E-state index in [0.29, 0.717) is 47.2 Å². The lowest BCUT2D eigenvalue weighted by Crippen LogP contribution is -2.45. The summed E-state index contributed by atoms with van der Waals surface area (Å²) in [5.41, 5.74) is 1.64. The second kappa shape index (κ2) is 9.53. The van der Waals surface area contributed by atoms with Crippen molar-refractivity contribution >= 4 is 23.4 Å². The van der Waals surface area contributed by atoms with E-state index >= 15 is 0 Å². The summed E-state index contributed by atoms with van der Waals surface area (Å²) in [6.45, 7) is 3.01. The number of likely N-dealkylation sites (tertiary alicyclic amines) is 1. The summed E-state index contributed by atoms with van der Waals surface area (Å²) in [5, 5.41) is 3.46. The van der Waals surface area contributed by atoms with Crippen LogP contribution in [0.3, 0.4) is 0 Å². The molecule has 1 saturated heterocycles. The van der Waals surface area contributed by atoms with Crippen LogP contribution in [0.2, 0.25) is 5.02 Å². The van der Waals surface area contributed by atoms with Gasteiger partial charge < -0.3 is 14.8 Å². The van der Waals surface area contributed by atoms with E-state index < -0.39 is 0 Å². The van der Waals surface area contributed by atoms with Gasteiger partial charge in [0.05, 0.1) is 11.6 Å². The molecule has 1 N–H and O–H groups in total. The summed E-state index contributed by atoms with van der Waals surface area (Å²) >= 11 is 5.90. The van der Waals surface area contributed by atoms with Crippen molar-refractivity contribution in [1.29, 1.82) is 0 Å². The molecular formula is C24H24ClFN4O2. The van der Waals surface area contributed by atoms with Gasteiger partial charge in [-0.05, 0) is 61.7 Å². The van der Waals surface area contributed by atoms with Gasteiger partial charge in [-0.25, -0.2) is 9.37 Å². The molecule has 0 aliphatic carbocycles. The first-order valence-electron chi connectivity index (χ1n) is 10.5. The number of imidazole rings is 1. The second-order valence-corrected chi connectivity index (χ2v) is 8.38. The van der Waals surface area contributed by atoms with Crippen LogP contribution >= 0.6 is 11.6 Å². The number of rotatable bonds is 5. The van der Waals surface area contributed by atoms with Gasteiger partial charge in [-0.15, -0.1) is 0 Å². The Kier molecular flexibility index (Phi) is 6.55. The lowest BCUT2D eigenvalue weighted by Gasteiger charge is -2.32. The number of carbonyl (C=O) groups is 2. The zero-order valence-electron chi connectivity index (χ0n) is 17.7. The molecule has 0 spiro atoms. The molecule has 166 valence electrons. The van der Waals surface area contributed by atoms with Crippen LogP contribution < -0.4 is 5.32 Å². The first-order chi connectivity index (χ1) is 15.4. The van der Waals surface area contributed by atoms with E-state index in [9.17, 15) is 14.0 Å². The van der Waals surface area contributed by atoms with Crippen molar-refractivity contribution < 1.29 is 14.0 Å². The standard InChI is InChI=1S/C24H24ClFN4O2/c1-16-27-10-12-30(16)22-9-4-17(13-21(22)26)14-28-23(31)19-3-2-11-29(15-19)24(32)18-5-7-20(25)8-6-18/h4-10,12-13,19H,2-3,11,14-15H2,1H3,(H,28,31). The molecule has 0 saturated carbocycles. The number of halogens is 2. The molecule has 2 heterocycles. The minimum Gasteiger partial charge on any atom is -0.352 e. The molecule has 0 radical (unpaired) electrons. The highest BCUT2D eigenvalue weighted by molar-refractivity contribution is 6.30. The molecule has 6 nitrogen and oxygen atoms in total. The third kappa shape index (κ3) is 4.83. The van der Waals surface area contributed by atoms with E-state index in [2.05, 4.69) is 10.3 Å². The minimum absolute atomic E-state index is 0.105. The average molecular weight is 455 g/mol. The maximum Gasteiger partial charge on any atom is 0.253 e. The van der Waals surface area contributed by atoms with Crippen molar-refractivity contribution in [1.82, 2.24) is 19.8 Å². The highest BCUT2D eigenvalue weighted by Crippen LogP contribution is 2.21. The van der Waals surface area contributed by atoms with Gasteiger partial charge in [0.15, 0.2) is 0 Å². The molecule has 1 aliphatic heterocycles. The maximum absolute atomic E-state index is 14.6. The van der Waals surface area contributed by atoms with Gasteiger partial charge in [0.2, 0.25) is 5.91 Å². The van der Waals surface area contributed by atoms with E-state index in [-0.39, 0.29) is 30.1 Å². The van der Waals surface area contributed by atoms with Gasteiger partial charge in [0.1, 0.15) is 11.6 Å². The zero-order valence-corrected chi connectivity index (χ0v) is 18.5. The highest BCUT2D eigenvalue weighted by Gasteiger charge is 2.28. The molecule has 1 fully saturated rings. The van der Waals surface area contributed by atoms with Crippen LogP contribution in [-0.4, -0.2) is 39.4 Å². The Morgan fingerprint density at radius 1 is 1.22 bits per heavy atom. The third-order valence-corrected chi connectivity index (χ3v) is 5.99. The van der Waals surface area contributed by atoms with E-state index in [4.69, 9.17) is 11.6 Å². The van der Waals surface area contributed by atoms with Crippen LogP contribution in [0.5, 0.6) is 0 Å². The Hall–Kier alpha value is -3.19. The number of aryl methyl sites for hydroxylation is 1. The second-order valence-electron chi connectivity index (χ2n) is 7.95. The molecule has 32 heavy (non-hydrogen) atoms. The minimum atomic E-state index is -0.379. The number of carbonyl (C=O) groups excluding carboxylic acids is 2. The zero-order chi connectivity index (χ0) is 22.7. The number of hydrogen-bond donors (Lipinski definition) is 1. The number of piperidine rings is 1. The predicted molar refractivity (Wildman–Crippen MR) is 120 cm³/mol. The smallest absolute Gasteiger partial charge is 0.253 e.